The molecule has 1 atom stereocenters. The summed E-state index contributed by atoms with van der Waals surface area (Å²) in [5.74, 6) is 3.02. The maximum atomic E-state index is 2.47. The first-order valence-corrected chi connectivity index (χ1v) is 6.51. The van der Waals surface area contributed by atoms with Crippen LogP contribution in [0.5, 0.6) is 0 Å². The van der Waals surface area contributed by atoms with E-state index in [2.05, 4.69) is 34.6 Å². The number of hydrogen-bond acceptors (Lipinski definition) is 0. The second-order valence-corrected chi connectivity index (χ2v) is 6.02. The molecule has 0 aliphatic heterocycles. The quantitative estimate of drug-likeness (QED) is 0.587. The van der Waals surface area contributed by atoms with Crippen LogP contribution in [-0.2, 0) is 0 Å². The molecule has 0 N–H and O–H groups in total. The molecular weight excluding hydrogens is 168 g/mol. The SMILES string of the molecule is CCCC1CC(C(C)C(C)(C)CC)C1. The second-order valence-electron chi connectivity index (χ2n) is 6.02. The van der Waals surface area contributed by atoms with E-state index in [9.17, 15) is 0 Å². The van der Waals surface area contributed by atoms with Crippen molar-refractivity contribution in [2.75, 3.05) is 0 Å². The minimum Gasteiger partial charge on any atom is -0.0654 e. The van der Waals surface area contributed by atoms with Gasteiger partial charge in [-0.1, -0.05) is 53.9 Å². The van der Waals surface area contributed by atoms with Gasteiger partial charge in [0.25, 0.3) is 0 Å². The van der Waals surface area contributed by atoms with Gasteiger partial charge in [0.1, 0.15) is 0 Å². The molecule has 1 aliphatic rings. The summed E-state index contributed by atoms with van der Waals surface area (Å²) in [4.78, 5) is 0. The molecule has 1 aliphatic carbocycles. The molecule has 1 rings (SSSR count). The molecule has 0 heterocycles. The smallest absolute Gasteiger partial charge is 0.0329 e. The Labute approximate surface area is 90.5 Å². The molecule has 14 heavy (non-hydrogen) atoms. The highest BCUT2D eigenvalue weighted by atomic mass is 14.4. The molecule has 0 bridgehead atoms. The summed E-state index contributed by atoms with van der Waals surface area (Å²) >= 11 is 0. The van der Waals surface area contributed by atoms with Crippen LogP contribution in [0.25, 0.3) is 0 Å². The van der Waals surface area contributed by atoms with E-state index in [1.54, 1.807) is 0 Å². The van der Waals surface area contributed by atoms with Crippen LogP contribution in [0, 0.1) is 23.2 Å². The molecule has 84 valence electrons. The molecule has 1 unspecified atom stereocenters. The van der Waals surface area contributed by atoms with Crippen LogP contribution in [0.15, 0.2) is 0 Å². The Hall–Kier alpha value is 0. The first kappa shape index (κ1) is 12.1. The van der Waals surface area contributed by atoms with Crippen molar-refractivity contribution < 1.29 is 0 Å². The first-order valence-electron chi connectivity index (χ1n) is 6.51. The lowest BCUT2D eigenvalue weighted by atomic mass is 9.60. The first-order chi connectivity index (χ1) is 6.51. The zero-order valence-electron chi connectivity index (χ0n) is 10.8. The minimum atomic E-state index is 0.557. The summed E-state index contributed by atoms with van der Waals surface area (Å²) < 4.78 is 0. The summed E-state index contributed by atoms with van der Waals surface area (Å²) in [6.45, 7) is 12.0. The van der Waals surface area contributed by atoms with E-state index >= 15 is 0 Å². The monoisotopic (exact) mass is 196 g/mol. The Bertz CT molecular complexity index is 163. The van der Waals surface area contributed by atoms with Gasteiger partial charge in [-0.15, -0.1) is 0 Å². The van der Waals surface area contributed by atoms with Crippen LogP contribution < -0.4 is 0 Å². The lowest BCUT2D eigenvalue weighted by Gasteiger charge is -2.45. The van der Waals surface area contributed by atoms with E-state index < -0.39 is 0 Å². The van der Waals surface area contributed by atoms with Crippen molar-refractivity contribution in [1.82, 2.24) is 0 Å². The van der Waals surface area contributed by atoms with Crippen LogP contribution in [0.1, 0.15) is 66.7 Å². The van der Waals surface area contributed by atoms with E-state index in [-0.39, 0.29) is 0 Å². The zero-order chi connectivity index (χ0) is 10.8. The fourth-order valence-electron chi connectivity index (χ4n) is 2.80. The van der Waals surface area contributed by atoms with Gasteiger partial charge in [0.15, 0.2) is 0 Å². The molecule has 0 aromatic rings. The van der Waals surface area contributed by atoms with Gasteiger partial charge in [0, 0.05) is 0 Å². The van der Waals surface area contributed by atoms with E-state index in [0.29, 0.717) is 5.41 Å². The number of rotatable bonds is 5. The molecule has 0 aromatic heterocycles. The van der Waals surface area contributed by atoms with Gasteiger partial charge in [-0.25, -0.2) is 0 Å². The average molecular weight is 196 g/mol. The predicted octanol–water partition coefficient (Wildman–Crippen LogP) is 4.89. The second kappa shape index (κ2) is 4.68. The molecule has 1 fully saturated rings. The molecule has 0 aromatic carbocycles. The molecule has 0 saturated heterocycles. The normalized spacial score (nSPS) is 29.8. The van der Waals surface area contributed by atoms with Gasteiger partial charge in [0.2, 0.25) is 0 Å². The van der Waals surface area contributed by atoms with Gasteiger partial charge in [-0.2, -0.15) is 0 Å². The molecule has 0 amide bonds. The zero-order valence-corrected chi connectivity index (χ0v) is 10.8. The van der Waals surface area contributed by atoms with Crippen molar-refractivity contribution in [2.24, 2.45) is 23.2 Å². The van der Waals surface area contributed by atoms with Crippen LogP contribution in [0.2, 0.25) is 0 Å². The van der Waals surface area contributed by atoms with Gasteiger partial charge in [-0.3, -0.25) is 0 Å². The summed E-state index contributed by atoms with van der Waals surface area (Å²) in [6, 6.07) is 0. The van der Waals surface area contributed by atoms with Gasteiger partial charge in [0.05, 0.1) is 0 Å². The maximum Gasteiger partial charge on any atom is -0.0329 e. The van der Waals surface area contributed by atoms with Gasteiger partial charge >= 0.3 is 0 Å². The lowest BCUT2D eigenvalue weighted by molar-refractivity contribution is 0.0487. The Kier molecular flexibility index (Phi) is 4.04. The highest BCUT2D eigenvalue weighted by molar-refractivity contribution is 4.88. The Morgan fingerprint density at radius 1 is 1.21 bits per heavy atom. The molecule has 0 heteroatoms. The van der Waals surface area contributed by atoms with Crippen molar-refractivity contribution in [3.63, 3.8) is 0 Å². The van der Waals surface area contributed by atoms with E-state index in [1.807, 2.05) is 0 Å². The van der Waals surface area contributed by atoms with Crippen LogP contribution in [0.3, 0.4) is 0 Å². The minimum absolute atomic E-state index is 0.557. The Morgan fingerprint density at radius 3 is 2.21 bits per heavy atom. The predicted molar refractivity (Wildman–Crippen MR) is 64.4 cm³/mol. The van der Waals surface area contributed by atoms with Gasteiger partial charge < -0.3 is 0 Å². The lowest BCUT2D eigenvalue weighted by Crippen LogP contribution is -2.36. The van der Waals surface area contributed by atoms with Crippen molar-refractivity contribution in [3.05, 3.63) is 0 Å². The van der Waals surface area contributed by atoms with Crippen molar-refractivity contribution in [2.45, 2.75) is 66.7 Å². The standard InChI is InChI=1S/C14H28/c1-6-8-12-9-13(10-12)11(3)14(4,5)7-2/h11-13H,6-10H2,1-5H3. The third kappa shape index (κ3) is 2.52. The summed E-state index contributed by atoms with van der Waals surface area (Å²) in [6.07, 6.45) is 7.19. The Balaban J connectivity index is 2.32. The van der Waals surface area contributed by atoms with E-state index in [0.717, 1.165) is 17.8 Å². The fourth-order valence-corrected chi connectivity index (χ4v) is 2.80. The third-order valence-corrected chi connectivity index (χ3v) is 4.82. The van der Waals surface area contributed by atoms with Crippen molar-refractivity contribution in [3.8, 4) is 0 Å². The molecular formula is C14H28. The topological polar surface area (TPSA) is 0 Å². The summed E-state index contributed by atoms with van der Waals surface area (Å²) in [5.41, 5.74) is 0.557. The van der Waals surface area contributed by atoms with Crippen LogP contribution in [0.4, 0.5) is 0 Å². The summed E-state index contributed by atoms with van der Waals surface area (Å²) in [7, 11) is 0. The Morgan fingerprint density at radius 2 is 1.79 bits per heavy atom. The molecule has 0 spiro atoms. The largest absolute Gasteiger partial charge is 0.0654 e. The highest BCUT2D eigenvalue weighted by Crippen LogP contribution is 2.48. The van der Waals surface area contributed by atoms with Crippen molar-refractivity contribution in [1.29, 1.82) is 0 Å². The van der Waals surface area contributed by atoms with Crippen molar-refractivity contribution >= 4 is 0 Å². The fraction of sp³-hybridized carbons (Fsp3) is 1.00. The van der Waals surface area contributed by atoms with Gasteiger partial charge in [-0.05, 0) is 36.0 Å². The summed E-state index contributed by atoms with van der Waals surface area (Å²) in [5, 5.41) is 0. The molecule has 0 nitrogen and oxygen atoms in total. The van der Waals surface area contributed by atoms with E-state index in [4.69, 9.17) is 0 Å². The third-order valence-electron chi connectivity index (χ3n) is 4.82. The number of hydrogen-bond donors (Lipinski definition) is 0. The van der Waals surface area contributed by atoms with Crippen LogP contribution in [-0.4, -0.2) is 0 Å². The average Bonchev–Trinajstić information content (AvgIpc) is 2.09. The van der Waals surface area contributed by atoms with E-state index in [1.165, 1.54) is 32.1 Å². The maximum absolute atomic E-state index is 2.47. The molecule has 0 radical (unpaired) electrons. The highest BCUT2D eigenvalue weighted by Gasteiger charge is 2.38. The molecule has 1 saturated carbocycles. The van der Waals surface area contributed by atoms with Crippen LogP contribution >= 0.6 is 0 Å².